The third kappa shape index (κ3) is 5.36. The molecule has 0 aliphatic rings. The van der Waals surface area contributed by atoms with Gasteiger partial charge in [-0.25, -0.2) is 0 Å². The lowest BCUT2D eigenvalue weighted by atomic mass is 10.1. The lowest BCUT2D eigenvalue weighted by molar-refractivity contribution is -0.121. The molecular formula is C17H17N3O3S. The molecule has 7 heteroatoms. The van der Waals surface area contributed by atoms with Gasteiger partial charge in [-0.1, -0.05) is 30.3 Å². The fraction of sp³-hybridized carbons (Fsp3) is 0.118. The highest BCUT2D eigenvalue weighted by Gasteiger charge is 2.09. The minimum Gasteiger partial charge on any atom is -0.497 e. The number of ether oxygens (including phenoxy) is 1. The Morgan fingerprint density at radius 1 is 1.00 bits per heavy atom. The highest BCUT2D eigenvalue weighted by molar-refractivity contribution is 7.80. The first-order valence-corrected chi connectivity index (χ1v) is 7.57. The van der Waals surface area contributed by atoms with Crippen LogP contribution < -0.4 is 20.9 Å². The number of rotatable bonds is 4. The highest BCUT2D eigenvalue weighted by Crippen LogP contribution is 2.10. The molecule has 0 spiro atoms. The summed E-state index contributed by atoms with van der Waals surface area (Å²) in [6.07, 6.45) is 0.211. The van der Waals surface area contributed by atoms with Crippen LogP contribution in [0.2, 0.25) is 0 Å². The molecule has 0 aliphatic carbocycles. The van der Waals surface area contributed by atoms with E-state index in [0.717, 1.165) is 5.56 Å². The van der Waals surface area contributed by atoms with Gasteiger partial charge in [0.15, 0.2) is 5.11 Å². The van der Waals surface area contributed by atoms with E-state index in [0.29, 0.717) is 11.3 Å². The summed E-state index contributed by atoms with van der Waals surface area (Å²) in [5.74, 6) is 0.00938. The van der Waals surface area contributed by atoms with E-state index in [-0.39, 0.29) is 23.3 Å². The average Bonchev–Trinajstić information content (AvgIpc) is 2.61. The number of benzene rings is 2. The van der Waals surface area contributed by atoms with Crippen molar-refractivity contribution in [2.75, 3.05) is 7.11 Å². The van der Waals surface area contributed by atoms with Crippen molar-refractivity contribution in [1.29, 1.82) is 0 Å². The first kappa shape index (κ1) is 17.4. The maximum atomic E-state index is 12.0. The van der Waals surface area contributed by atoms with Crippen molar-refractivity contribution in [2.45, 2.75) is 6.42 Å². The van der Waals surface area contributed by atoms with E-state index in [1.54, 1.807) is 31.4 Å². The SMILES string of the molecule is COc1ccc(C(=O)NC(=S)NNC(=O)Cc2ccccc2)cc1. The number of hydrazine groups is 1. The van der Waals surface area contributed by atoms with Crippen LogP contribution in [-0.2, 0) is 11.2 Å². The molecule has 0 aromatic heterocycles. The lowest BCUT2D eigenvalue weighted by Crippen LogP contribution is -2.48. The minimum atomic E-state index is -0.382. The Kier molecular flexibility index (Phi) is 6.27. The van der Waals surface area contributed by atoms with Crippen LogP contribution in [0.4, 0.5) is 0 Å². The zero-order valence-corrected chi connectivity index (χ0v) is 13.9. The molecule has 0 fully saturated rings. The molecule has 24 heavy (non-hydrogen) atoms. The molecule has 2 aromatic carbocycles. The summed E-state index contributed by atoms with van der Waals surface area (Å²) in [5, 5.41) is 2.49. The minimum absolute atomic E-state index is 0.0113. The van der Waals surface area contributed by atoms with Gasteiger partial charge in [-0.3, -0.25) is 25.8 Å². The zero-order valence-electron chi connectivity index (χ0n) is 13.0. The number of hydrogen-bond acceptors (Lipinski definition) is 4. The third-order valence-electron chi connectivity index (χ3n) is 3.10. The molecule has 0 heterocycles. The van der Waals surface area contributed by atoms with Gasteiger partial charge in [-0.05, 0) is 42.0 Å². The maximum absolute atomic E-state index is 12.0. The molecular weight excluding hydrogens is 326 g/mol. The van der Waals surface area contributed by atoms with Crippen molar-refractivity contribution in [2.24, 2.45) is 0 Å². The number of nitrogens with one attached hydrogen (secondary N) is 3. The molecule has 3 N–H and O–H groups in total. The first-order valence-electron chi connectivity index (χ1n) is 7.16. The summed E-state index contributed by atoms with van der Waals surface area (Å²) in [7, 11) is 1.55. The van der Waals surface area contributed by atoms with Gasteiger partial charge in [0.25, 0.3) is 5.91 Å². The molecule has 2 rings (SSSR count). The Labute approximate surface area is 145 Å². The van der Waals surface area contributed by atoms with E-state index in [1.807, 2.05) is 30.3 Å². The van der Waals surface area contributed by atoms with Crippen LogP contribution in [0.3, 0.4) is 0 Å². The summed E-state index contributed by atoms with van der Waals surface area (Å²) in [5.41, 5.74) is 6.25. The largest absolute Gasteiger partial charge is 0.497 e. The summed E-state index contributed by atoms with van der Waals surface area (Å²) in [6.45, 7) is 0. The molecule has 0 saturated heterocycles. The predicted octanol–water partition coefficient (Wildman–Crippen LogP) is 1.57. The van der Waals surface area contributed by atoms with E-state index >= 15 is 0 Å². The van der Waals surface area contributed by atoms with Crippen molar-refractivity contribution in [1.82, 2.24) is 16.2 Å². The van der Waals surface area contributed by atoms with Crippen molar-refractivity contribution < 1.29 is 14.3 Å². The van der Waals surface area contributed by atoms with Crippen molar-refractivity contribution >= 4 is 29.1 Å². The van der Waals surface area contributed by atoms with Crippen LogP contribution in [0.25, 0.3) is 0 Å². The molecule has 2 aromatic rings. The Hall–Kier alpha value is -2.93. The van der Waals surface area contributed by atoms with E-state index in [9.17, 15) is 9.59 Å². The van der Waals surface area contributed by atoms with Crippen LogP contribution in [0, 0.1) is 0 Å². The highest BCUT2D eigenvalue weighted by atomic mass is 32.1. The van der Waals surface area contributed by atoms with E-state index < -0.39 is 0 Å². The smallest absolute Gasteiger partial charge is 0.257 e. The van der Waals surface area contributed by atoms with Gasteiger partial charge < -0.3 is 4.74 Å². The number of hydrogen-bond donors (Lipinski definition) is 3. The molecule has 0 radical (unpaired) electrons. The molecule has 0 atom stereocenters. The quantitative estimate of drug-likeness (QED) is 0.580. The molecule has 0 aliphatic heterocycles. The number of amides is 2. The number of thiocarbonyl (C=S) groups is 1. The topological polar surface area (TPSA) is 79.5 Å². The number of methoxy groups -OCH3 is 1. The van der Waals surface area contributed by atoms with Crippen LogP contribution in [0.15, 0.2) is 54.6 Å². The second-order valence-corrected chi connectivity index (χ2v) is 5.26. The Balaban J connectivity index is 1.77. The maximum Gasteiger partial charge on any atom is 0.257 e. The van der Waals surface area contributed by atoms with Gasteiger partial charge in [0.1, 0.15) is 5.75 Å². The Morgan fingerprint density at radius 2 is 1.67 bits per heavy atom. The number of carbonyl (C=O) groups is 2. The van der Waals surface area contributed by atoms with E-state index in [1.165, 1.54) is 0 Å². The second-order valence-electron chi connectivity index (χ2n) is 4.85. The Bertz CT molecular complexity index is 718. The summed E-state index contributed by atoms with van der Waals surface area (Å²) >= 11 is 4.98. The molecule has 0 saturated carbocycles. The third-order valence-corrected chi connectivity index (χ3v) is 3.31. The molecule has 124 valence electrons. The van der Waals surface area contributed by atoms with Gasteiger partial charge in [0.05, 0.1) is 13.5 Å². The predicted molar refractivity (Wildman–Crippen MR) is 94.5 cm³/mol. The van der Waals surface area contributed by atoms with Crippen LogP contribution in [-0.4, -0.2) is 24.0 Å². The zero-order chi connectivity index (χ0) is 17.4. The molecule has 6 nitrogen and oxygen atoms in total. The van der Waals surface area contributed by atoms with Gasteiger partial charge in [0, 0.05) is 5.56 Å². The van der Waals surface area contributed by atoms with Crippen LogP contribution in [0.1, 0.15) is 15.9 Å². The van der Waals surface area contributed by atoms with Crippen LogP contribution in [0.5, 0.6) is 5.75 Å². The Morgan fingerprint density at radius 3 is 2.29 bits per heavy atom. The molecule has 0 unspecified atom stereocenters. The fourth-order valence-electron chi connectivity index (χ4n) is 1.90. The summed E-state index contributed by atoms with van der Waals surface area (Å²) in [6, 6.07) is 15.9. The monoisotopic (exact) mass is 343 g/mol. The molecule has 2 amide bonds. The number of carbonyl (C=O) groups excluding carboxylic acids is 2. The standard InChI is InChI=1S/C17H17N3O3S/c1-23-14-9-7-13(8-10-14)16(22)18-17(24)20-19-15(21)11-12-5-3-2-4-6-12/h2-10H,11H2,1H3,(H,19,21)(H2,18,20,22,24). The van der Waals surface area contributed by atoms with Crippen molar-refractivity contribution in [3.05, 3.63) is 65.7 Å². The van der Waals surface area contributed by atoms with Gasteiger partial charge in [-0.2, -0.15) is 0 Å². The first-order chi connectivity index (χ1) is 11.6. The summed E-state index contributed by atoms with van der Waals surface area (Å²) < 4.78 is 5.03. The van der Waals surface area contributed by atoms with E-state index in [2.05, 4.69) is 16.2 Å². The molecule has 0 bridgehead atoms. The van der Waals surface area contributed by atoms with Crippen LogP contribution >= 0.6 is 12.2 Å². The van der Waals surface area contributed by atoms with Gasteiger partial charge in [-0.15, -0.1) is 0 Å². The van der Waals surface area contributed by atoms with Gasteiger partial charge in [0.2, 0.25) is 5.91 Å². The summed E-state index contributed by atoms with van der Waals surface area (Å²) in [4.78, 5) is 23.8. The second kappa shape index (κ2) is 8.64. The van der Waals surface area contributed by atoms with E-state index in [4.69, 9.17) is 17.0 Å². The van der Waals surface area contributed by atoms with Gasteiger partial charge >= 0.3 is 0 Å². The average molecular weight is 343 g/mol. The normalized spacial score (nSPS) is 9.71. The fourth-order valence-corrected chi connectivity index (χ4v) is 2.04. The van der Waals surface area contributed by atoms with Crippen molar-refractivity contribution in [3.63, 3.8) is 0 Å². The lowest BCUT2D eigenvalue weighted by Gasteiger charge is -2.11. The van der Waals surface area contributed by atoms with Crippen molar-refractivity contribution in [3.8, 4) is 5.75 Å².